The summed E-state index contributed by atoms with van der Waals surface area (Å²) in [5.74, 6) is -1.54. The average molecular weight is 539 g/mol. The van der Waals surface area contributed by atoms with Gasteiger partial charge in [-0.1, -0.05) is 24.3 Å². The molecule has 12 heteroatoms. The van der Waals surface area contributed by atoms with Gasteiger partial charge >= 0.3 is 12.4 Å². The Morgan fingerprint density at radius 3 is 2.51 bits per heavy atom. The highest BCUT2D eigenvalue weighted by atomic mass is 32.1. The van der Waals surface area contributed by atoms with Crippen molar-refractivity contribution in [3.8, 4) is 17.2 Å². The molecule has 0 bridgehead atoms. The molecular weight excluding hydrogens is 518 g/mol. The van der Waals surface area contributed by atoms with Gasteiger partial charge in [-0.3, -0.25) is 9.48 Å². The third-order valence-electron chi connectivity index (χ3n) is 6.14. The van der Waals surface area contributed by atoms with E-state index < -0.39 is 35.4 Å². The van der Waals surface area contributed by atoms with Crippen LogP contribution in [0, 0.1) is 11.3 Å². The van der Waals surface area contributed by atoms with Crippen molar-refractivity contribution >= 4 is 17.2 Å². The van der Waals surface area contributed by atoms with Crippen LogP contribution < -0.4 is 0 Å². The van der Waals surface area contributed by atoms with E-state index in [0.29, 0.717) is 27.0 Å². The number of carbonyl (C=O) groups excluding carboxylic acids is 1. The molecule has 1 aromatic carbocycles. The highest BCUT2D eigenvalue weighted by Gasteiger charge is 2.39. The van der Waals surface area contributed by atoms with Gasteiger partial charge in [0.2, 0.25) is 5.91 Å². The van der Waals surface area contributed by atoms with Crippen molar-refractivity contribution < 1.29 is 31.1 Å². The first-order valence-corrected chi connectivity index (χ1v) is 12.0. The molecule has 1 amide bonds. The van der Waals surface area contributed by atoms with Crippen LogP contribution in [0.25, 0.3) is 11.1 Å². The van der Waals surface area contributed by atoms with Crippen LogP contribution in [0.15, 0.2) is 48.2 Å². The Bertz CT molecular complexity index is 1410. The largest absolute Gasteiger partial charge is 0.435 e. The number of nitrogens with zero attached hydrogens (tertiary/aromatic N) is 4. The van der Waals surface area contributed by atoms with E-state index in [4.69, 9.17) is 0 Å². The Labute approximate surface area is 212 Å². The number of fused-ring (bicyclic) bond motifs is 1. The van der Waals surface area contributed by atoms with Crippen LogP contribution in [0.2, 0.25) is 0 Å². The number of aromatic nitrogens is 2. The molecule has 3 heterocycles. The molecule has 1 aliphatic heterocycles. The minimum atomic E-state index is -4.72. The summed E-state index contributed by atoms with van der Waals surface area (Å²) in [5, 5.41) is 13.1. The normalized spacial score (nSPS) is 16.5. The van der Waals surface area contributed by atoms with E-state index in [1.165, 1.54) is 21.8 Å². The van der Waals surface area contributed by atoms with E-state index in [-0.39, 0.29) is 30.8 Å². The van der Waals surface area contributed by atoms with Crippen LogP contribution in [0.4, 0.5) is 26.3 Å². The Hall–Kier alpha value is -3.59. The van der Waals surface area contributed by atoms with E-state index in [0.717, 1.165) is 18.3 Å². The Morgan fingerprint density at radius 2 is 1.89 bits per heavy atom. The summed E-state index contributed by atoms with van der Waals surface area (Å²) < 4.78 is 81.9. The molecule has 1 aliphatic rings. The second kappa shape index (κ2) is 9.70. The Kier molecular flexibility index (Phi) is 6.94. The zero-order chi connectivity index (χ0) is 27.1. The Morgan fingerprint density at radius 1 is 1.19 bits per heavy atom. The maximum absolute atomic E-state index is 13.9. The monoisotopic (exact) mass is 538 g/mol. The first kappa shape index (κ1) is 26.5. The summed E-state index contributed by atoms with van der Waals surface area (Å²) in [5.41, 5.74) is -0.916. The van der Waals surface area contributed by atoms with Crippen molar-refractivity contribution in [3.63, 3.8) is 0 Å². The van der Waals surface area contributed by atoms with E-state index in [9.17, 15) is 36.4 Å². The van der Waals surface area contributed by atoms with Gasteiger partial charge in [0.25, 0.3) is 0 Å². The van der Waals surface area contributed by atoms with Crippen molar-refractivity contribution in [2.24, 2.45) is 0 Å². The zero-order valence-electron chi connectivity index (χ0n) is 19.6. The molecule has 3 aromatic rings. The molecule has 0 spiro atoms. The van der Waals surface area contributed by atoms with Crippen LogP contribution in [-0.2, 0) is 24.1 Å². The van der Waals surface area contributed by atoms with Crippen LogP contribution in [0.1, 0.15) is 46.3 Å². The number of rotatable bonds is 4. The molecule has 37 heavy (non-hydrogen) atoms. The second-order valence-corrected chi connectivity index (χ2v) is 9.67. The molecule has 0 aliphatic carbocycles. The topological polar surface area (TPSA) is 61.9 Å². The maximum Gasteiger partial charge on any atom is 0.435 e. The van der Waals surface area contributed by atoms with E-state index in [1.54, 1.807) is 31.2 Å². The van der Waals surface area contributed by atoms with E-state index in [1.807, 2.05) is 6.07 Å². The molecule has 0 unspecified atom stereocenters. The lowest BCUT2D eigenvalue weighted by Crippen LogP contribution is -2.37. The van der Waals surface area contributed by atoms with E-state index >= 15 is 0 Å². The second-order valence-electron chi connectivity index (χ2n) is 8.53. The van der Waals surface area contributed by atoms with Crippen LogP contribution in [0.5, 0.6) is 0 Å². The lowest BCUT2D eigenvalue weighted by atomic mass is 9.83. The highest BCUT2D eigenvalue weighted by molar-refractivity contribution is 7.12. The van der Waals surface area contributed by atoms with Crippen molar-refractivity contribution in [3.05, 3.63) is 74.8 Å². The van der Waals surface area contributed by atoms with Gasteiger partial charge in [-0.2, -0.15) is 36.7 Å². The van der Waals surface area contributed by atoms with Crippen LogP contribution in [-0.4, -0.2) is 33.3 Å². The molecule has 194 valence electrons. The lowest BCUT2D eigenvalue weighted by Gasteiger charge is -2.33. The fourth-order valence-corrected chi connectivity index (χ4v) is 5.34. The van der Waals surface area contributed by atoms with Gasteiger partial charge in [-0.25, -0.2) is 0 Å². The number of hydrogen-bond donors (Lipinski definition) is 0. The third-order valence-corrected chi connectivity index (χ3v) is 7.18. The molecule has 5 nitrogen and oxygen atoms in total. The first-order chi connectivity index (χ1) is 17.3. The third kappa shape index (κ3) is 5.27. The summed E-state index contributed by atoms with van der Waals surface area (Å²) in [6.07, 6.45) is -7.58. The molecule has 2 aromatic heterocycles. The number of allylic oxidation sites excluding steroid dienone is 1. The fourth-order valence-electron chi connectivity index (χ4n) is 4.30. The average Bonchev–Trinajstić information content (AvgIpc) is 3.47. The number of carbonyl (C=O) groups is 1. The summed E-state index contributed by atoms with van der Waals surface area (Å²) in [4.78, 5) is 15.0. The number of halogens is 6. The molecule has 0 fully saturated rings. The number of aryl methyl sites for hydroxylation is 1. The number of benzene rings is 1. The van der Waals surface area contributed by atoms with Crippen LogP contribution in [0.3, 0.4) is 0 Å². The number of nitriles is 1. The van der Waals surface area contributed by atoms with Crippen molar-refractivity contribution in [2.45, 2.75) is 45.2 Å². The van der Waals surface area contributed by atoms with Crippen molar-refractivity contribution in [1.82, 2.24) is 14.7 Å². The van der Waals surface area contributed by atoms with Crippen molar-refractivity contribution in [2.75, 3.05) is 6.54 Å². The summed E-state index contributed by atoms with van der Waals surface area (Å²) in [7, 11) is 0. The lowest BCUT2D eigenvalue weighted by molar-refractivity contribution is -0.141. The number of thiophene rings is 1. The molecule has 0 saturated heterocycles. The summed E-state index contributed by atoms with van der Waals surface area (Å²) in [6.45, 7) is 2.58. The number of amides is 1. The Balaban J connectivity index is 1.85. The minimum absolute atomic E-state index is 0.0115. The van der Waals surface area contributed by atoms with Gasteiger partial charge in [0, 0.05) is 47.3 Å². The van der Waals surface area contributed by atoms with Crippen molar-refractivity contribution in [1.29, 1.82) is 5.26 Å². The SMILES string of the molecule is CCn1cc(-c2ccccc2[C@@H]2CN(C(=O)/C=C(\C)C(F)(F)F)Cc3sc(C#N)cc32)c(C(F)(F)F)n1. The first-order valence-electron chi connectivity index (χ1n) is 11.1. The number of hydrogen-bond acceptors (Lipinski definition) is 4. The van der Waals surface area contributed by atoms with Crippen LogP contribution >= 0.6 is 11.3 Å². The molecule has 0 saturated carbocycles. The van der Waals surface area contributed by atoms with Gasteiger partial charge in [0.1, 0.15) is 10.9 Å². The predicted octanol–water partition coefficient (Wildman–Crippen LogP) is 6.50. The predicted molar refractivity (Wildman–Crippen MR) is 124 cm³/mol. The van der Waals surface area contributed by atoms with Gasteiger partial charge in [-0.05, 0) is 36.6 Å². The minimum Gasteiger partial charge on any atom is -0.333 e. The standard InChI is InChI=1S/C25H20F6N4OS/c1-3-35-12-20(23(33-35)25(29,30)31)17-7-5-4-6-16(17)19-11-34(22(36)8-14(2)24(26,27)28)13-21-18(19)9-15(10-32)37-21/h4-9,12,19H,3,11,13H2,1-2H3/b14-8+/t19-/m0/s1. The fraction of sp³-hybridized carbons (Fsp3) is 0.320. The molecule has 4 rings (SSSR count). The molecule has 0 N–H and O–H groups in total. The number of alkyl halides is 6. The molecule has 0 radical (unpaired) electrons. The molecular formula is C25H20F6N4OS. The summed E-state index contributed by atoms with van der Waals surface area (Å²) >= 11 is 1.10. The van der Waals surface area contributed by atoms with Gasteiger partial charge in [0.15, 0.2) is 5.69 Å². The maximum atomic E-state index is 13.9. The summed E-state index contributed by atoms with van der Waals surface area (Å²) in [6, 6.07) is 10.0. The quantitative estimate of drug-likeness (QED) is 0.281. The van der Waals surface area contributed by atoms with Gasteiger partial charge < -0.3 is 4.90 Å². The molecule has 1 atom stereocenters. The highest BCUT2D eigenvalue weighted by Crippen LogP contribution is 2.44. The van der Waals surface area contributed by atoms with Gasteiger partial charge in [-0.15, -0.1) is 11.3 Å². The zero-order valence-corrected chi connectivity index (χ0v) is 20.4. The van der Waals surface area contributed by atoms with Gasteiger partial charge in [0.05, 0.1) is 6.54 Å². The smallest absolute Gasteiger partial charge is 0.333 e. The van der Waals surface area contributed by atoms with E-state index in [2.05, 4.69) is 5.10 Å².